The van der Waals surface area contributed by atoms with Gasteiger partial charge in [0, 0.05) is 18.1 Å². The van der Waals surface area contributed by atoms with Gasteiger partial charge in [-0.05, 0) is 24.3 Å². The van der Waals surface area contributed by atoms with Crippen molar-refractivity contribution < 1.29 is 0 Å². The normalized spacial score (nSPS) is 11.0. The minimum absolute atomic E-state index is 0.640. The van der Waals surface area contributed by atoms with Crippen LogP contribution in [0.25, 0.3) is 11.0 Å². The van der Waals surface area contributed by atoms with E-state index in [0.29, 0.717) is 6.54 Å². The largest absolute Gasteiger partial charge is 0.399 e. The maximum absolute atomic E-state index is 5.70. The molecule has 0 amide bonds. The molecule has 0 aliphatic carbocycles. The molecule has 0 unspecified atom stereocenters. The van der Waals surface area contributed by atoms with E-state index >= 15 is 0 Å². The predicted octanol–water partition coefficient (Wildman–Crippen LogP) is 1.39. The van der Waals surface area contributed by atoms with E-state index in [2.05, 4.69) is 15.1 Å². The molecule has 3 N–H and O–H groups in total. The van der Waals surface area contributed by atoms with Gasteiger partial charge in [0.15, 0.2) is 0 Å². The summed E-state index contributed by atoms with van der Waals surface area (Å²) in [6.07, 6.45) is 3.65. The van der Waals surface area contributed by atoms with Crippen LogP contribution in [-0.2, 0) is 6.54 Å². The fourth-order valence-electron chi connectivity index (χ4n) is 1.70. The Morgan fingerprint density at radius 1 is 1.38 bits per heavy atom. The number of hydrogen-bond donors (Lipinski definition) is 2. The van der Waals surface area contributed by atoms with Crippen LogP contribution in [0.5, 0.6) is 0 Å². The molecular weight excluding hydrogens is 202 g/mol. The number of nitrogen functional groups attached to an aromatic ring is 1. The van der Waals surface area contributed by atoms with Crippen molar-refractivity contribution in [3.05, 3.63) is 42.5 Å². The molecule has 1 aromatic carbocycles. The van der Waals surface area contributed by atoms with E-state index in [-0.39, 0.29) is 0 Å². The summed E-state index contributed by atoms with van der Waals surface area (Å²) in [5.41, 5.74) is 8.33. The number of fused-ring (bicyclic) bond motifs is 1. The zero-order valence-corrected chi connectivity index (χ0v) is 8.59. The average Bonchev–Trinajstić information content (AvgIpc) is 2.86. The Morgan fingerprint density at radius 2 is 2.31 bits per heavy atom. The van der Waals surface area contributed by atoms with E-state index in [1.54, 1.807) is 6.20 Å². The quantitative estimate of drug-likeness (QED) is 0.632. The Balaban J connectivity index is 1.99. The number of rotatable bonds is 2. The fraction of sp³-hybridized carbons (Fsp3) is 0.0909. The number of imidazole rings is 1. The molecule has 3 rings (SSSR count). The third-order valence-corrected chi connectivity index (χ3v) is 2.43. The average molecular weight is 213 g/mol. The van der Waals surface area contributed by atoms with Crippen molar-refractivity contribution in [1.29, 1.82) is 0 Å². The molecule has 5 nitrogen and oxygen atoms in total. The van der Waals surface area contributed by atoms with Crippen LogP contribution in [0.3, 0.4) is 0 Å². The van der Waals surface area contributed by atoms with Crippen molar-refractivity contribution in [2.75, 3.05) is 5.73 Å². The highest BCUT2D eigenvalue weighted by molar-refractivity contribution is 5.78. The van der Waals surface area contributed by atoms with Gasteiger partial charge in [0.25, 0.3) is 0 Å². The molecule has 0 saturated carbocycles. The van der Waals surface area contributed by atoms with E-state index in [1.165, 1.54) is 0 Å². The van der Waals surface area contributed by atoms with Crippen molar-refractivity contribution in [1.82, 2.24) is 19.7 Å². The van der Waals surface area contributed by atoms with Crippen LogP contribution in [0, 0.1) is 0 Å². The first kappa shape index (κ1) is 8.96. The van der Waals surface area contributed by atoms with Crippen LogP contribution >= 0.6 is 0 Å². The van der Waals surface area contributed by atoms with Gasteiger partial charge >= 0.3 is 0 Å². The summed E-state index contributed by atoms with van der Waals surface area (Å²) in [5.74, 6) is 0.879. The van der Waals surface area contributed by atoms with Gasteiger partial charge in [-0.25, -0.2) is 4.98 Å². The SMILES string of the molecule is Nc1ccc2nc(Cn3cccn3)[nH]c2c1. The molecule has 0 fully saturated rings. The minimum Gasteiger partial charge on any atom is -0.399 e. The summed E-state index contributed by atoms with van der Waals surface area (Å²) >= 11 is 0. The molecule has 0 atom stereocenters. The molecule has 3 aromatic rings. The Hall–Kier alpha value is -2.30. The number of aromatic nitrogens is 4. The predicted molar refractivity (Wildman–Crippen MR) is 61.8 cm³/mol. The first-order chi connectivity index (χ1) is 7.81. The van der Waals surface area contributed by atoms with Crippen LogP contribution in [0.2, 0.25) is 0 Å². The van der Waals surface area contributed by atoms with Gasteiger partial charge in [-0.3, -0.25) is 4.68 Å². The topological polar surface area (TPSA) is 72.5 Å². The third kappa shape index (κ3) is 1.52. The molecule has 5 heteroatoms. The Morgan fingerprint density at radius 3 is 3.12 bits per heavy atom. The Labute approximate surface area is 91.9 Å². The molecule has 2 heterocycles. The summed E-state index contributed by atoms with van der Waals surface area (Å²) in [7, 11) is 0. The van der Waals surface area contributed by atoms with Gasteiger partial charge in [0.05, 0.1) is 17.6 Å². The zero-order valence-electron chi connectivity index (χ0n) is 8.59. The molecule has 0 radical (unpaired) electrons. The number of benzene rings is 1. The fourth-order valence-corrected chi connectivity index (χ4v) is 1.70. The summed E-state index contributed by atoms with van der Waals surface area (Å²) < 4.78 is 1.82. The maximum atomic E-state index is 5.70. The summed E-state index contributed by atoms with van der Waals surface area (Å²) in [5, 5.41) is 4.13. The molecule has 0 spiro atoms. The van der Waals surface area contributed by atoms with Gasteiger partial charge < -0.3 is 10.7 Å². The van der Waals surface area contributed by atoms with E-state index in [0.717, 1.165) is 22.5 Å². The van der Waals surface area contributed by atoms with Crippen molar-refractivity contribution >= 4 is 16.7 Å². The molecule has 0 saturated heterocycles. The molecule has 0 bridgehead atoms. The van der Waals surface area contributed by atoms with Crippen LogP contribution in [0.15, 0.2) is 36.7 Å². The van der Waals surface area contributed by atoms with Gasteiger partial charge in [-0.15, -0.1) is 0 Å². The lowest BCUT2D eigenvalue weighted by atomic mass is 10.3. The van der Waals surface area contributed by atoms with E-state index in [9.17, 15) is 0 Å². The maximum Gasteiger partial charge on any atom is 0.129 e. The number of H-pyrrole nitrogens is 1. The van der Waals surface area contributed by atoms with Crippen molar-refractivity contribution in [2.24, 2.45) is 0 Å². The highest BCUT2D eigenvalue weighted by Gasteiger charge is 2.03. The molecule has 2 aromatic heterocycles. The van der Waals surface area contributed by atoms with Crippen molar-refractivity contribution in [2.45, 2.75) is 6.54 Å². The number of nitrogens with one attached hydrogen (secondary N) is 1. The second-order valence-corrected chi connectivity index (χ2v) is 3.66. The monoisotopic (exact) mass is 213 g/mol. The van der Waals surface area contributed by atoms with Crippen molar-refractivity contribution in [3.8, 4) is 0 Å². The molecule has 16 heavy (non-hydrogen) atoms. The lowest BCUT2D eigenvalue weighted by Crippen LogP contribution is -2.01. The van der Waals surface area contributed by atoms with Crippen LogP contribution in [0.4, 0.5) is 5.69 Å². The lowest BCUT2D eigenvalue weighted by molar-refractivity contribution is 0.663. The number of anilines is 1. The van der Waals surface area contributed by atoms with Gasteiger partial charge in [-0.1, -0.05) is 0 Å². The highest BCUT2D eigenvalue weighted by atomic mass is 15.3. The van der Waals surface area contributed by atoms with E-state index in [1.807, 2.05) is 35.1 Å². The molecule has 0 aliphatic rings. The summed E-state index contributed by atoms with van der Waals surface area (Å²) in [6, 6.07) is 7.53. The smallest absolute Gasteiger partial charge is 0.129 e. The summed E-state index contributed by atoms with van der Waals surface area (Å²) in [6.45, 7) is 0.640. The first-order valence-electron chi connectivity index (χ1n) is 5.03. The first-order valence-corrected chi connectivity index (χ1v) is 5.03. The van der Waals surface area contributed by atoms with Crippen LogP contribution < -0.4 is 5.73 Å². The van der Waals surface area contributed by atoms with E-state index < -0.39 is 0 Å². The Bertz CT molecular complexity index is 608. The molecule has 0 aliphatic heterocycles. The van der Waals surface area contributed by atoms with Gasteiger partial charge in [0.1, 0.15) is 5.82 Å². The zero-order chi connectivity index (χ0) is 11.0. The van der Waals surface area contributed by atoms with Gasteiger partial charge in [0.2, 0.25) is 0 Å². The molecule has 80 valence electrons. The number of aromatic amines is 1. The number of nitrogens with two attached hydrogens (primary N) is 1. The number of hydrogen-bond acceptors (Lipinski definition) is 3. The van der Waals surface area contributed by atoms with Gasteiger partial charge in [-0.2, -0.15) is 5.10 Å². The Kier molecular flexibility index (Phi) is 1.89. The second-order valence-electron chi connectivity index (χ2n) is 3.66. The standard InChI is InChI=1S/C11H11N5/c12-8-2-3-9-10(6-8)15-11(14-9)7-16-5-1-4-13-16/h1-6H,7,12H2,(H,14,15). The summed E-state index contributed by atoms with van der Waals surface area (Å²) in [4.78, 5) is 7.68. The van der Waals surface area contributed by atoms with Crippen LogP contribution in [0.1, 0.15) is 5.82 Å². The van der Waals surface area contributed by atoms with E-state index in [4.69, 9.17) is 5.73 Å². The number of nitrogens with zero attached hydrogens (tertiary/aromatic N) is 3. The van der Waals surface area contributed by atoms with Crippen LogP contribution in [-0.4, -0.2) is 19.7 Å². The minimum atomic E-state index is 0.640. The molecular formula is C11H11N5. The lowest BCUT2D eigenvalue weighted by Gasteiger charge is -1.95. The second kappa shape index (κ2) is 3.37. The van der Waals surface area contributed by atoms with Crippen molar-refractivity contribution in [3.63, 3.8) is 0 Å². The highest BCUT2D eigenvalue weighted by Crippen LogP contribution is 2.15. The third-order valence-electron chi connectivity index (χ3n) is 2.43.